The molecule has 2 heterocycles. The molecule has 2 aliphatic heterocycles. The molecule has 0 amide bonds. The normalized spacial score (nSPS) is 16.3. The highest BCUT2D eigenvalue weighted by atomic mass is 16.5. The van der Waals surface area contributed by atoms with Gasteiger partial charge in [-0.25, -0.2) is 0 Å². The van der Waals surface area contributed by atoms with Crippen LogP contribution in [0.15, 0.2) is 60.7 Å². The van der Waals surface area contributed by atoms with Gasteiger partial charge in [-0.3, -0.25) is 4.79 Å². The number of ether oxygens (including phenoxy) is 2. The summed E-state index contributed by atoms with van der Waals surface area (Å²) in [5.74, 6) is 0.0752. The van der Waals surface area contributed by atoms with E-state index in [1.165, 1.54) is 38.5 Å². The van der Waals surface area contributed by atoms with Crippen LogP contribution >= 0.6 is 0 Å². The van der Waals surface area contributed by atoms with Gasteiger partial charge >= 0.3 is 0 Å². The molecule has 26 heavy (non-hydrogen) atoms. The molecule has 0 N–H and O–H groups in total. The average molecular weight is 354 g/mol. The smallest absolute Gasteiger partial charge is 0.193 e. The molecule has 0 bridgehead atoms. The van der Waals surface area contributed by atoms with E-state index in [9.17, 15) is 4.79 Å². The lowest BCUT2D eigenvalue weighted by atomic mass is 10.0. The minimum Gasteiger partial charge on any atom is -0.381 e. The fourth-order valence-corrected chi connectivity index (χ4v) is 2.72. The molecule has 0 radical (unpaired) electrons. The van der Waals surface area contributed by atoms with Crippen molar-refractivity contribution in [1.82, 2.24) is 0 Å². The van der Waals surface area contributed by atoms with Gasteiger partial charge in [0.1, 0.15) is 0 Å². The predicted molar refractivity (Wildman–Crippen MR) is 106 cm³/mol. The van der Waals surface area contributed by atoms with E-state index in [4.69, 9.17) is 9.47 Å². The van der Waals surface area contributed by atoms with E-state index >= 15 is 0 Å². The molecule has 2 aromatic rings. The van der Waals surface area contributed by atoms with Gasteiger partial charge < -0.3 is 9.47 Å². The summed E-state index contributed by atoms with van der Waals surface area (Å²) < 4.78 is 10.1. The van der Waals surface area contributed by atoms with Crippen molar-refractivity contribution < 1.29 is 14.3 Å². The highest BCUT2D eigenvalue weighted by Gasteiger charge is 2.06. The van der Waals surface area contributed by atoms with Gasteiger partial charge in [-0.05, 0) is 38.5 Å². The SMILES string of the molecule is C1CCOCC1.C1CCOCC1.O=C(c1ccccc1)c1ccccc1. The van der Waals surface area contributed by atoms with Crippen LogP contribution in [0.4, 0.5) is 0 Å². The Bertz CT molecular complexity index is 511. The molecule has 0 unspecified atom stereocenters. The van der Waals surface area contributed by atoms with E-state index in [1.54, 1.807) is 0 Å². The van der Waals surface area contributed by atoms with Crippen LogP contribution < -0.4 is 0 Å². The van der Waals surface area contributed by atoms with Crippen LogP contribution in [0.25, 0.3) is 0 Å². The first-order valence-corrected chi connectivity index (χ1v) is 9.68. The second kappa shape index (κ2) is 13.3. The standard InChI is InChI=1S/C13H10O.2C5H10O/c14-13(11-7-3-1-4-8-11)12-9-5-2-6-10-12;2*1-2-4-6-5-3-1/h1-10H;2*1-5H2. The average Bonchev–Trinajstić information content (AvgIpc) is 2.78. The van der Waals surface area contributed by atoms with E-state index in [0.29, 0.717) is 0 Å². The maximum atomic E-state index is 11.8. The Balaban J connectivity index is 0.000000166. The number of carbonyl (C=O) groups excluding carboxylic acids is 1. The minimum atomic E-state index is 0.0752. The zero-order valence-corrected chi connectivity index (χ0v) is 15.6. The molecule has 140 valence electrons. The number of hydrogen-bond acceptors (Lipinski definition) is 3. The molecule has 2 saturated heterocycles. The third-order valence-corrected chi connectivity index (χ3v) is 4.23. The lowest BCUT2D eigenvalue weighted by molar-refractivity contribution is 0.0967. The first-order chi connectivity index (χ1) is 12.9. The van der Waals surface area contributed by atoms with E-state index in [2.05, 4.69) is 0 Å². The molecule has 2 aromatic carbocycles. The topological polar surface area (TPSA) is 35.5 Å². The van der Waals surface area contributed by atoms with Crippen molar-refractivity contribution in [1.29, 1.82) is 0 Å². The Hall–Kier alpha value is -1.97. The second-order valence-corrected chi connectivity index (χ2v) is 6.41. The van der Waals surface area contributed by atoms with Gasteiger partial charge in [0.15, 0.2) is 5.78 Å². The van der Waals surface area contributed by atoms with Crippen molar-refractivity contribution in [3.63, 3.8) is 0 Å². The number of ketones is 1. The summed E-state index contributed by atoms with van der Waals surface area (Å²) in [7, 11) is 0. The molecule has 0 atom stereocenters. The number of rotatable bonds is 2. The van der Waals surface area contributed by atoms with Gasteiger partial charge in [0.05, 0.1) is 0 Å². The first-order valence-electron chi connectivity index (χ1n) is 9.68. The fourth-order valence-electron chi connectivity index (χ4n) is 2.72. The summed E-state index contributed by atoms with van der Waals surface area (Å²) in [5.41, 5.74) is 1.47. The van der Waals surface area contributed by atoms with Crippen molar-refractivity contribution in [2.45, 2.75) is 38.5 Å². The molecule has 2 aliphatic rings. The van der Waals surface area contributed by atoms with E-state index in [-0.39, 0.29) is 5.78 Å². The third-order valence-electron chi connectivity index (χ3n) is 4.23. The lowest BCUT2D eigenvalue weighted by Crippen LogP contribution is -2.03. The largest absolute Gasteiger partial charge is 0.381 e. The zero-order valence-electron chi connectivity index (χ0n) is 15.6. The summed E-state index contributed by atoms with van der Waals surface area (Å²) in [6.45, 7) is 4.00. The Morgan fingerprint density at radius 1 is 0.538 bits per heavy atom. The third kappa shape index (κ3) is 8.41. The van der Waals surface area contributed by atoms with Crippen molar-refractivity contribution in [2.75, 3.05) is 26.4 Å². The highest BCUT2D eigenvalue weighted by molar-refractivity contribution is 6.08. The van der Waals surface area contributed by atoms with Crippen LogP contribution in [0.3, 0.4) is 0 Å². The van der Waals surface area contributed by atoms with Gasteiger partial charge in [-0.1, -0.05) is 60.7 Å². The van der Waals surface area contributed by atoms with Crippen molar-refractivity contribution in [3.05, 3.63) is 71.8 Å². The van der Waals surface area contributed by atoms with Crippen LogP contribution in [0.1, 0.15) is 54.4 Å². The molecule has 0 aliphatic carbocycles. The number of hydrogen-bond donors (Lipinski definition) is 0. The lowest BCUT2D eigenvalue weighted by Gasteiger charge is -2.08. The highest BCUT2D eigenvalue weighted by Crippen LogP contribution is 2.08. The van der Waals surface area contributed by atoms with Crippen molar-refractivity contribution in [3.8, 4) is 0 Å². The first kappa shape index (κ1) is 20.3. The van der Waals surface area contributed by atoms with E-state index in [1.807, 2.05) is 60.7 Å². The monoisotopic (exact) mass is 354 g/mol. The molecule has 2 fully saturated rings. The molecule has 4 rings (SSSR count). The van der Waals surface area contributed by atoms with Gasteiger partial charge in [0.2, 0.25) is 0 Å². The summed E-state index contributed by atoms with van der Waals surface area (Å²) >= 11 is 0. The molecule has 0 aromatic heterocycles. The van der Waals surface area contributed by atoms with Gasteiger partial charge in [-0.2, -0.15) is 0 Å². The maximum Gasteiger partial charge on any atom is 0.193 e. The number of benzene rings is 2. The molecule has 3 nitrogen and oxygen atoms in total. The van der Waals surface area contributed by atoms with E-state index < -0.39 is 0 Å². The van der Waals surface area contributed by atoms with Crippen LogP contribution in [-0.2, 0) is 9.47 Å². The molecular formula is C23H30O3. The molecule has 0 saturated carbocycles. The maximum absolute atomic E-state index is 11.8. The zero-order chi connectivity index (χ0) is 18.3. The van der Waals surface area contributed by atoms with Gasteiger partial charge in [-0.15, -0.1) is 0 Å². The van der Waals surface area contributed by atoms with Gasteiger partial charge in [0, 0.05) is 37.6 Å². The Morgan fingerprint density at radius 2 is 0.885 bits per heavy atom. The van der Waals surface area contributed by atoms with Crippen molar-refractivity contribution in [2.24, 2.45) is 0 Å². The molecule has 0 spiro atoms. The summed E-state index contributed by atoms with van der Waals surface area (Å²) in [6.07, 6.45) is 7.86. The Kier molecular flexibility index (Phi) is 10.4. The summed E-state index contributed by atoms with van der Waals surface area (Å²) in [5, 5.41) is 0. The summed E-state index contributed by atoms with van der Waals surface area (Å²) in [4.78, 5) is 11.8. The van der Waals surface area contributed by atoms with Crippen LogP contribution in [0.2, 0.25) is 0 Å². The Labute approximate surface area is 157 Å². The summed E-state index contributed by atoms with van der Waals surface area (Å²) in [6, 6.07) is 18.6. The fraction of sp³-hybridized carbons (Fsp3) is 0.435. The van der Waals surface area contributed by atoms with Crippen LogP contribution in [0, 0.1) is 0 Å². The molecule has 3 heteroatoms. The minimum absolute atomic E-state index is 0.0752. The van der Waals surface area contributed by atoms with Crippen molar-refractivity contribution >= 4 is 5.78 Å². The van der Waals surface area contributed by atoms with Gasteiger partial charge in [0.25, 0.3) is 0 Å². The quantitative estimate of drug-likeness (QED) is 0.687. The molecular weight excluding hydrogens is 324 g/mol. The van der Waals surface area contributed by atoms with Crippen LogP contribution in [0.5, 0.6) is 0 Å². The van der Waals surface area contributed by atoms with E-state index in [0.717, 1.165) is 37.6 Å². The van der Waals surface area contributed by atoms with Crippen LogP contribution in [-0.4, -0.2) is 32.2 Å². The Morgan fingerprint density at radius 3 is 1.12 bits per heavy atom. The second-order valence-electron chi connectivity index (χ2n) is 6.41. The number of carbonyl (C=O) groups is 1. The predicted octanol–water partition coefficient (Wildman–Crippen LogP) is 5.29.